The molecule has 6 nitrogen and oxygen atoms in total. The lowest BCUT2D eigenvalue weighted by Gasteiger charge is -2.26. The highest BCUT2D eigenvalue weighted by Crippen LogP contribution is 2.32. The Kier molecular flexibility index (Phi) is 4.77. The van der Waals surface area contributed by atoms with E-state index in [0.29, 0.717) is 18.5 Å². The maximum Gasteiger partial charge on any atom is 0.387 e. The molecule has 0 aliphatic heterocycles. The summed E-state index contributed by atoms with van der Waals surface area (Å²) in [7, 11) is 0. The van der Waals surface area contributed by atoms with Gasteiger partial charge < -0.3 is 10.1 Å². The number of carbonyl (C=O) groups is 1. The molecule has 0 bridgehead atoms. The van der Waals surface area contributed by atoms with Gasteiger partial charge in [0.2, 0.25) is 0 Å². The number of alkyl halides is 2. The normalized spacial score (nSPS) is 16.0. The summed E-state index contributed by atoms with van der Waals surface area (Å²) in [6.07, 6.45) is 5.02. The topological polar surface area (TPSA) is 72.7 Å². The Bertz CT molecular complexity index is 1100. The van der Waals surface area contributed by atoms with E-state index in [1.807, 2.05) is 0 Å². The highest BCUT2D eigenvalue weighted by molar-refractivity contribution is 5.94. The van der Waals surface area contributed by atoms with Gasteiger partial charge in [0.25, 0.3) is 11.5 Å². The van der Waals surface area contributed by atoms with Crippen LogP contribution < -0.4 is 15.6 Å². The number of rotatable bonds is 4. The van der Waals surface area contributed by atoms with Gasteiger partial charge in [-0.2, -0.15) is 8.78 Å². The van der Waals surface area contributed by atoms with Crippen molar-refractivity contribution in [3.63, 3.8) is 0 Å². The first-order chi connectivity index (χ1) is 13.5. The Morgan fingerprint density at radius 3 is 2.96 bits per heavy atom. The maximum absolute atomic E-state index is 12.7. The molecule has 0 saturated heterocycles. The molecule has 2 aromatic heterocycles. The number of carbonyl (C=O) groups excluding carboxylic acids is 1. The third-order valence-electron chi connectivity index (χ3n) is 4.82. The van der Waals surface area contributed by atoms with Gasteiger partial charge in [-0.25, -0.2) is 4.98 Å². The predicted octanol–water partition coefficient (Wildman–Crippen LogP) is 3.10. The van der Waals surface area contributed by atoms with Crippen LogP contribution in [0.15, 0.2) is 53.6 Å². The Morgan fingerprint density at radius 2 is 2.14 bits per heavy atom. The lowest BCUT2D eigenvalue weighted by atomic mass is 9.87. The molecule has 0 radical (unpaired) electrons. The van der Waals surface area contributed by atoms with Gasteiger partial charge in [-0.3, -0.25) is 14.0 Å². The van der Waals surface area contributed by atoms with Gasteiger partial charge in [0.05, 0.1) is 6.04 Å². The molecule has 2 heterocycles. The van der Waals surface area contributed by atoms with Crippen LogP contribution in [0.3, 0.4) is 0 Å². The minimum atomic E-state index is -2.88. The molecule has 0 unspecified atom stereocenters. The Morgan fingerprint density at radius 1 is 1.29 bits per heavy atom. The quantitative estimate of drug-likeness (QED) is 0.749. The lowest BCUT2D eigenvalue weighted by Crippen LogP contribution is -2.35. The van der Waals surface area contributed by atoms with Crippen LogP contribution in [0.2, 0.25) is 0 Å². The summed E-state index contributed by atoms with van der Waals surface area (Å²) in [5, 5.41) is 2.88. The summed E-state index contributed by atoms with van der Waals surface area (Å²) in [6, 6.07) is 9.53. The Labute approximate surface area is 158 Å². The average molecular weight is 385 g/mol. The van der Waals surface area contributed by atoms with Crippen molar-refractivity contribution >= 4 is 11.6 Å². The number of hydrogen-bond donors (Lipinski definition) is 1. The number of nitrogens with zero attached hydrogens (tertiary/aromatic N) is 2. The van der Waals surface area contributed by atoms with E-state index in [9.17, 15) is 18.4 Å². The van der Waals surface area contributed by atoms with Gasteiger partial charge >= 0.3 is 6.61 Å². The van der Waals surface area contributed by atoms with Crippen LogP contribution in [0.1, 0.15) is 40.4 Å². The van der Waals surface area contributed by atoms with E-state index in [1.165, 1.54) is 16.7 Å². The van der Waals surface area contributed by atoms with Crippen molar-refractivity contribution in [3.05, 3.63) is 75.8 Å². The molecule has 8 heteroatoms. The third-order valence-corrected chi connectivity index (χ3v) is 4.82. The van der Waals surface area contributed by atoms with Crippen molar-refractivity contribution < 1.29 is 18.3 Å². The van der Waals surface area contributed by atoms with E-state index in [4.69, 9.17) is 0 Å². The molecule has 0 spiro atoms. The predicted molar refractivity (Wildman–Crippen MR) is 97.7 cm³/mol. The van der Waals surface area contributed by atoms with Crippen LogP contribution in [0.25, 0.3) is 5.65 Å². The molecule has 0 fully saturated rings. The van der Waals surface area contributed by atoms with Crippen LogP contribution in [0.4, 0.5) is 8.78 Å². The first-order valence-electron chi connectivity index (χ1n) is 8.88. The molecule has 1 N–H and O–H groups in total. The summed E-state index contributed by atoms with van der Waals surface area (Å²) < 4.78 is 30.6. The Hall–Kier alpha value is -3.29. The zero-order chi connectivity index (χ0) is 19.7. The monoisotopic (exact) mass is 385 g/mol. The second-order valence-electron chi connectivity index (χ2n) is 6.56. The lowest BCUT2D eigenvalue weighted by molar-refractivity contribution is -0.0499. The van der Waals surface area contributed by atoms with Crippen LogP contribution >= 0.6 is 0 Å². The van der Waals surface area contributed by atoms with Crippen LogP contribution in [-0.4, -0.2) is 21.9 Å². The third kappa shape index (κ3) is 3.45. The zero-order valence-corrected chi connectivity index (χ0v) is 14.8. The van der Waals surface area contributed by atoms with Gasteiger partial charge in [0.1, 0.15) is 17.0 Å². The van der Waals surface area contributed by atoms with Gasteiger partial charge in [-0.05, 0) is 54.7 Å². The highest BCUT2D eigenvalue weighted by Gasteiger charge is 2.24. The smallest absolute Gasteiger partial charge is 0.387 e. The van der Waals surface area contributed by atoms with Crippen LogP contribution in [-0.2, 0) is 6.42 Å². The van der Waals surface area contributed by atoms with Crippen molar-refractivity contribution in [2.75, 3.05) is 0 Å². The molecule has 0 saturated carbocycles. The fraction of sp³-hybridized carbons (Fsp3) is 0.250. The van der Waals surface area contributed by atoms with E-state index in [1.54, 1.807) is 36.5 Å². The molecule has 3 aromatic rings. The van der Waals surface area contributed by atoms with E-state index in [0.717, 1.165) is 17.5 Å². The number of ether oxygens (including phenoxy) is 1. The largest absolute Gasteiger partial charge is 0.435 e. The molecule has 1 aliphatic rings. The maximum atomic E-state index is 12.7. The summed E-state index contributed by atoms with van der Waals surface area (Å²) >= 11 is 0. The number of aromatic nitrogens is 2. The van der Waals surface area contributed by atoms with Crippen molar-refractivity contribution in [3.8, 4) is 5.75 Å². The van der Waals surface area contributed by atoms with Gasteiger partial charge in [0, 0.05) is 12.4 Å². The fourth-order valence-electron chi connectivity index (χ4n) is 3.54. The second-order valence-corrected chi connectivity index (χ2v) is 6.56. The first kappa shape index (κ1) is 18.1. The van der Waals surface area contributed by atoms with Gasteiger partial charge in [0.15, 0.2) is 0 Å². The molecule has 1 amide bonds. The minimum absolute atomic E-state index is 0.0477. The SMILES string of the molecule is O=C(N[C@@H]1CCCc2cc(OC(F)F)ccc21)c1cnc2ccccn2c1=O. The summed E-state index contributed by atoms with van der Waals surface area (Å²) in [5.74, 6) is -0.417. The molecule has 1 atom stereocenters. The van der Waals surface area contributed by atoms with Gasteiger partial charge in [-0.15, -0.1) is 0 Å². The second kappa shape index (κ2) is 7.38. The van der Waals surface area contributed by atoms with Crippen LogP contribution in [0.5, 0.6) is 5.75 Å². The molecular formula is C20H17F2N3O3. The van der Waals surface area contributed by atoms with E-state index < -0.39 is 18.1 Å². The highest BCUT2D eigenvalue weighted by atomic mass is 19.3. The van der Waals surface area contributed by atoms with E-state index in [-0.39, 0.29) is 17.4 Å². The van der Waals surface area contributed by atoms with Crippen LogP contribution in [0, 0.1) is 0 Å². The molecule has 4 rings (SSSR count). The number of benzene rings is 1. The minimum Gasteiger partial charge on any atom is -0.435 e. The summed E-state index contributed by atoms with van der Waals surface area (Å²) in [5.41, 5.74) is 1.66. The van der Waals surface area contributed by atoms with Crippen molar-refractivity contribution in [2.24, 2.45) is 0 Å². The summed E-state index contributed by atoms with van der Waals surface area (Å²) in [6.45, 7) is -2.88. The number of fused-ring (bicyclic) bond motifs is 2. The van der Waals surface area contributed by atoms with Crippen molar-refractivity contribution in [1.29, 1.82) is 0 Å². The molecule has 1 aromatic carbocycles. The number of aryl methyl sites for hydroxylation is 1. The number of hydrogen-bond acceptors (Lipinski definition) is 4. The van der Waals surface area contributed by atoms with Crippen molar-refractivity contribution in [2.45, 2.75) is 31.9 Å². The number of nitrogens with one attached hydrogen (secondary N) is 1. The molecule has 144 valence electrons. The van der Waals surface area contributed by atoms with Gasteiger partial charge in [-0.1, -0.05) is 12.1 Å². The zero-order valence-electron chi connectivity index (χ0n) is 14.8. The molecular weight excluding hydrogens is 368 g/mol. The standard InChI is InChI=1S/C20H17F2N3O3/c21-20(22)28-13-7-8-14-12(10-13)4-3-5-16(14)24-18(26)15-11-23-17-6-1-2-9-25(17)19(15)27/h1-2,6-11,16,20H,3-5H2,(H,24,26)/t16-/m1/s1. The van der Waals surface area contributed by atoms with Crippen molar-refractivity contribution in [1.82, 2.24) is 14.7 Å². The Balaban J connectivity index is 1.60. The fourth-order valence-corrected chi connectivity index (χ4v) is 3.54. The van der Waals surface area contributed by atoms with E-state index in [2.05, 4.69) is 15.0 Å². The average Bonchev–Trinajstić information content (AvgIpc) is 2.68. The number of halogens is 2. The number of amides is 1. The van der Waals surface area contributed by atoms with E-state index >= 15 is 0 Å². The molecule has 1 aliphatic carbocycles. The first-order valence-corrected chi connectivity index (χ1v) is 8.88. The molecule has 28 heavy (non-hydrogen) atoms. The summed E-state index contributed by atoms with van der Waals surface area (Å²) in [4.78, 5) is 29.4. The number of pyridine rings is 1.